The van der Waals surface area contributed by atoms with Crippen LogP contribution in [0.1, 0.15) is 12.8 Å². The summed E-state index contributed by atoms with van der Waals surface area (Å²) in [5, 5.41) is 9.01. The number of carboxylic acids is 1. The summed E-state index contributed by atoms with van der Waals surface area (Å²) < 4.78 is 0. The van der Waals surface area contributed by atoms with Crippen molar-refractivity contribution in [1.29, 1.82) is 0 Å². The molecule has 5 N–H and O–H groups in total. The molecule has 2 amide bonds. The van der Waals surface area contributed by atoms with Gasteiger partial charge in [0.25, 0.3) is 0 Å². The second kappa shape index (κ2) is 3.72. The Balaban J connectivity index is 2.60. The van der Waals surface area contributed by atoms with Crippen LogP contribution in [0, 0.1) is 5.92 Å². The molecule has 0 aromatic heterocycles. The molecule has 0 aliphatic carbocycles. The number of rotatable bonds is 3. The second-order valence-electron chi connectivity index (χ2n) is 3.18. The molecule has 0 radical (unpaired) electrons. The van der Waals surface area contributed by atoms with E-state index < -0.39 is 29.7 Å². The van der Waals surface area contributed by atoms with Crippen LogP contribution in [0.25, 0.3) is 0 Å². The number of imide groups is 1. The zero-order valence-electron chi connectivity index (χ0n) is 7.34. The van der Waals surface area contributed by atoms with Crippen molar-refractivity contribution in [3.8, 4) is 0 Å². The van der Waals surface area contributed by atoms with Crippen LogP contribution in [-0.2, 0) is 14.4 Å². The maximum absolute atomic E-state index is 11.2. The van der Waals surface area contributed by atoms with E-state index in [0.29, 0.717) is 5.01 Å². The number of aliphatic carboxylic acids is 1. The number of amides is 2. The third-order valence-corrected chi connectivity index (χ3v) is 2.13. The number of hydrogen-bond donors (Lipinski definition) is 3. The quantitative estimate of drug-likeness (QED) is 0.276. The van der Waals surface area contributed by atoms with Crippen LogP contribution in [-0.4, -0.2) is 33.9 Å². The fourth-order valence-corrected chi connectivity index (χ4v) is 1.31. The number of nitrogens with two attached hydrogens (primary N) is 2. The van der Waals surface area contributed by atoms with Crippen molar-refractivity contribution in [3.05, 3.63) is 0 Å². The molecule has 0 spiro atoms. The smallest absolute Gasteiger partial charge is 0.320 e. The summed E-state index contributed by atoms with van der Waals surface area (Å²) in [6.45, 7) is 0. The zero-order valence-corrected chi connectivity index (χ0v) is 7.34. The van der Waals surface area contributed by atoms with Gasteiger partial charge in [-0.1, -0.05) is 0 Å². The highest BCUT2D eigenvalue weighted by Crippen LogP contribution is 2.20. The van der Waals surface area contributed by atoms with Gasteiger partial charge in [0.05, 0.1) is 5.92 Å². The average molecular weight is 201 g/mol. The third-order valence-electron chi connectivity index (χ3n) is 2.13. The lowest BCUT2D eigenvalue weighted by atomic mass is 9.99. The first-order valence-electron chi connectivity index (χ1n) is 4.03. The molecule has 0 bridgehead atoms. The van der Waals surface area contributed by atoms with Gasteiger partial charge in [0, 0.05) is 6.42 Å². The highest BCUT2D eigenvalue weighted by Gasteiger charge is 2.38. The van der Waals surface area contributed by atoms with E-state index in [-0.39, 0.29) is 12.8 Å². The van der Waals surface area contributed by atoms with Crippen molar-refractivity contribution in [2.45, 2.75) is 18.9 Å². The molecule has 1 fully saturated rings. The monoisotopic (exact) mass is 201 g/mol. The van der Waals surface area contributed by atoms with Crippen LogP contribution in [0.3, 0.4) is 0 Å². The van der Waals surface area contributed by atoms with Crippen molar-refractivity contribution in [2.24, 2.45) is 17.5 Å². The van der Waals surface area contributed by atoms with Gasteiger partial charge < -0.3 is 10.8 Å². The SMILES string of the molecule is N[C@@H](C[C@H]1CC(=O)N(N)C1=O)C(=O)O. The molecule has 1 saturated heterocycles. The Morgan fingerprint density at radius 2 is 2.21 bits per heavy atom. The van der Waals surface area contributed by atoms with Gasteiger partial charge in [-0.2, -0.15) is 0 Å². The highest BCUT2D eigenvalue weighted by atomic mass is 16.4. The number of carbonyl (C=O) groups is 3. The lowest BCUT2D eigenvalue weighted by molar-refractivity contribution is -0.140. The first-order valence-corrected chi connectivity index (χ1v) is 4.03. The molecular formula is C7H11N3O4. The van der Waals surface area contributed by atoms with Crippen molar-refractivity contribution >= 4 is 17.8 Å². The number of carbonyl (C=O) groups excluding carboxylic acids is 2. The molecule has 1 heterocycles. The molecule has 0 unspecified atom stereocenters. The van der Waals surface area contributed by atoms with E-state index >= 15 is 0 Å². The van der Waals surface area contributed by atoms with Crippen LogP contribution in [0.5, 0.6) is 0 Å². The Kier molecular flexibility index (Phi) is 2.82. The second-order valence-corrected chi connectivity index (χ2v) is 3.18. The predicted octanol–water partition coefficient (Wildman–Crippen LogP) is -1.96. The van der Waals surface area contributed by atoms with Gasteiger partial charge >= 0.3 is 5.97 Å². The van der Waals surface area contributed by atoms with E-state index in [2.05, 4.69) is 0 Å². The fraction of sp³-hybridized carbons (Fsp3) is 0.571. The van der Waals surface area contributed by atoms with Gasteiger partial charge in [0.15, 0.2) is 0 Å². The van der Waals surface area contributed by atoms with Crippen molar-refractivity contribution in [1.82, 2.24) is 5.01 Å². The van der Waals surface area contributed by atoms with Crippen molar-refractivity contribution < 1.29 is 19.5 Å². The lowest BCUT2D eigenvalue weighted by Crippen LogP contribution is -2.39. The highest BCUT2D eigenvalue weighted by molar-refractivity contribution is 6.03. The minimum Gasteiger partial charge on any atom is -0.480 e. The molecule has 2 atom stereocenters. The van der Waals surface area contributed by atoms with Gasteiger partial charge in [-0.05, 0) is 6.42 Å². The Morgan fingerprint density at radius 3 is 2.57 bits per heavy atom. The molecule has 7 heteroatoms. The molecule has 0 aromatic carbocycles. The number of carboxylic acid groups (broad SMARTS) is 1. The van der Waals surface area contributed by atoms with E-state index in [9.17, 15) is 14.4 Å². The van der Waals surface area contributed by atoms with E-state index in [4.69, 9.17) is 16.7 Å². The predicted molar refractivity (Wildman–Crippen MR) is 44.4 cm³/mol. The first kappa shape index (κ1) is 10.6. The van der Waals surface area contributed by atoms with Crippen LogP contribution in [0.15, 0.2) is 0 Å². The zero-order chi connectivity index (χ0) is 10.9. The summed E-state index contributed by atoms with van der Waals surface area (Å²) in [5.74, 6) is 2.16. The topological polar surface area (TPSA) is 127 Å². The number of nitrogens with zero attached hydrogens (tertiary/aromatic N) is 1. The Labute approximate surface area is 79.6 Å². The maximum atomic E-state index is 11.2. The van der Waals surface area contributed by atoms with Crippen molar-refractivity contribution in [2.75, 3.05) is 0 Å². The van der Waals surface area contributed by atoms with E-state index in [0.717, 1.165) is 0 Å². The van der Waals surface area contributed by atoms with Crippen molar-refractivity contribution in [3.63, 3.8) is 0 Å². The van der Waals surface area contributed by atoms with Gasteiger partial charge in [-0.15, -0.1) is 0 Å². The summed E-state index contributed by atoms with van der Waals surface area (Å²) in [7, 11) is 0. The molecule has 1 aliphatic rings. The molecule has 14 heavy (non-hydrogen) atoms. The molecule has 78 valence electrons. The van der Waals surface area contributed by atoms with E-state index in [1.807, 2.05) is 0 Å². The minimum absolute atomic E-state index is 0.0592. The van der Waals surface area contributed by atoms with Gasteiger partial charge in [-0.25, -0.2) is 10.9 Å². The summed E-state index contributed by atoms with van der Waals surface area (Å²) in [6.07, 6.45) is -0.121. The fourth-order valence-electron chi connectivity index (χ4n) is 1.31. The largest absolute Gasteiger partial charge is 0.480 e. The van der Waals surface area contributed by atoms with E-state index in [1.54, 1.807) is 0 Å². The van der Waals surface area contributed by atoms with Crippen LogP contribution < -0.4 is 11.6 Å². The lowest BCUT2D eigenvalue weighted by Gasteiger charge is -2.10. The average Bonchev–Trinajstić information content (AvgIpc) is 2.33. The van der Waals surface area contributed by atoms with Crippen LogP contribution >= 0.6 is 0 Å². The maximum Gasteiger partial charge on any atom is 0.320 e. The standard InChI is InChI=1S/C7H11N3O4/c8-4(7(13)14)1-3-2-5(11)10(9)6(3)12/h3-4H,1-2,8-9H2,(H,13,14)/t3-,4-/m0/s1. The van der Waals surface area contributed by atoms with Gasteiger partial charge in [-0.3, -0.25) is 14.4 Å². The van der Waals surface area contributed by atoms with Crippen LogP contribution in [0.2, 0.25) is 0 Å². The first-order chi connectivity index (χ1) is 6.43. The molecule has 7 nitrogen and oxygen atoms in total. The molecular weight excluding hydrogens is 190 g/mol. The summed E-state index contributed by atoms with van der Waals surface area (Å²) in [6, 6.07) is -1.14. The van der Waals surface area contributed by atoms with Gasteiger partial charge in [0.2, 0.25) is 11.8 Å². The number of hydrogen-bond acceptors (Lipinski definition) is 5. The molecule has 1 rings (SSSR count). The summed E-state index contributed by atoms with van der Waals surface area (Å²) in [5.41, 5.74) is 5.23. The van der Waals surface area contributed by atoms with E-state index in [1.165, 1.54) is 0 Å². The molecule has 0 aromatic rings. The summed E-state index contributed by atoms with van der Waals surface area (Å²) >= 11 is 0. The normalized spacial score (nSPS) is 24.1. The Hall–Kier alpha value is -1.47. The van der Waals surface area contributed by atoms with Crippen LogP contribution in [0.4, 0.5) is 0 Å². The Morgan fingerprint density at radius 1 is 1.64 bits per heavy atom. The minimum atomic E-state index is -1.19. The molecule has 0 saturated carbocycles. The third kappa shape index (κ3) is 1.88. The van der Waals surface area contributed by atoms with Gasteiger partial charge in [0.1, 0.15) is 6.04 Å². The molecule has 1 aliphatic heterocycles. The Bertz CT molecular complexity index is 291. The summed E-state index contributed by atoms with van der Waals surface area (Å²) in [4.78, 5) is 32.5. The number of hydrazine groups is 1.